The van der Waals surface area contributed by atoms with Crippen LogP contribution in [0.15, 0.2) is 78.9 Å². The molecular formula is C24H23N5O3. The van der Waals surface area contributed by atoms with E-state index in [4.69, 9.17) is 15.3 Å². The van der Waals surface area contributed by atoms with Gasteiger partial charge in [0.25, 0.3) is 0 Å². The summed E-state index contributed by atoms with van der Waals surface area (Å²) in [6.07, 6.45) is 2.25. The molecule has 0 amide bonds. The van der Waals surface area contributed by atoms with Crippen molar-refractivity contribution in [3.8, 4) is 11.1 Å². The van der Waals surface area contributed by atoms with Gasteiger partial charge in [0.15, 0.2) is 6.17 Å². The molecule has 3 heterocycles. The Kier molecular flexibility index (Phi) is 5.28. The molecule has 0 saturated heterocycles. The van der Waals surface area contributed by atoms with Crippen LogP contribution in [0, 0.1) is 5.92 Å². The zero-order valence-corrected chi connectivity index (χ0v) is 17.4. The third-order valence-corrected chi connectivity index (χ3v) is 5.79. The summed E-state index contributed by atoms with van der Waals surface area (Å²) in [6, 6.07) is 16.7. The molecule has 8 heteroatoms. The molecule has 2 unspecified atom stereocenters. The monoisotopic (exact) mass is 429 g/mol. The second-order valence-corrected chi connectivity index (χ2v) is 7.82. The molecule has 1 aromatic heterocycles. The maximum atomic E-state index is 13.5. The molecule has 32 heavy (non-hydrogen) atoms. The predicted octanol–water partition coefficient (Wildman–Crippen LogP) is 2.75. The summed E-state index contributed by atoms with van der Waals surface area (Å²) in [7, 11) is 0. The van der Waals surface area contributed by atoms with Gasteiger partial charge in [0.1, 0.15) is 23.5 Å². The van der Waals surface area contributed by atoms with E-state index in [2.05, 4.69) is 9.98 Å². The molecule has 162 valence electrons. The lowest BCUT2D eigenvalue weighted by molar-refractivity contribution is 0.199. The van der Waals surface area contributed by atoms with Gasteiger partial charge in [-0.15, -0.1) is 0 Å². The first-order chi connectivity index (χ1) is 15.7. The van der Waals surface area contributed by atoms with Crippen molar-refractivity contribution in [2.24, 2.45) is 26.7 Å². The lowest BCUT2D eigenvalue weighted by Gasteiger charge is -2.26. The molecule has 2 atom stereocenters. The average molecular weight is 429 g/mol. The van der Waals surface area contributed by atoms with Crippen LogP contribution >= 0.6 is 0 Å². The van der Waals surface area contributed by atoms with Gasteiger partial charge in [-0.05, 0) is 30.5 Å². The van der Waals surface area contributed by atoms with Gasteiger partial charge < -0.3 is 15.3 Å². The van der Waals surface area contributed by atoms with Gasteiger partial charge in [-0.2, -0.15) is 5.10 Å². The van der Waals surface area contributed by atoms with Crippen molar-refractivity contribution in [3.05, 3.63) is 70.6 Å². The number of aliphatic hydroxyl groups excluding tert-OH is 1. The fourth-order valence-electron chi connectivity index (χ4n) is 4.30. The van der Waals surface area contributed by atoms with E-state index in [1.165, 1.54) is 6.34 Å². The number of aliphatic imine (C=N–C) groups is 2. The lowest BCUT2D eigenvalue weighted by Crippen LogP contribution is -2.42. The molecule has 2 aliphatic heterocycles. The van der Waals surface area contributed by atoms with Crippen LogP contribution in [0.3, 0.4) is 0 Å². The topological polar surface area (TPSA) is 117 Å². The fourth-order valence-corrected chi connectivity index (χ4v) is 4.30. The van der Waals surface area contributed by atoms with Crippen LogP contribution in [-0.2, 0) is 6.54 Å². The molecule has 0 radical (unpaired) electrons. The molecule has 8 nitrogen and oxygen atoms in total. The molecule has 2 aliphatic rings. The van der Waals surface area contributed by atoms with Crippen molar-refractivity contribution in [2.75, 3.05) is 6.61 Å². The second kappa shape index (κ2) is 8.39. The van der Waals surface area contributed by atoms with E-state index in [0.29, 0.717) is 41.0 Å². The number of para-hydroxylation sites is 1. The Morgan fingerprint density at radius 3 is 2.69 bits per heavy atom. The van der Waals surface area contributed by atoms with E-state index in [-0.39, 0.29) is 30.7 Å². The number of benzene rings is 2. The Balaban J connectivity index is 1.61. The highest BCUT2D eigenvalue weighted by molar-refractivity contribution is 6.10. The number of nitrogens with two attached hydrogens (primary N) is 1. The van der Waals surface area contributed by atoms with Crippen LogP contribution in [-0.4, -0.2) is 40.8 Å². The zero-order chi connectivity index (χ0) is 22.1. The highest BCUT2D eigenvalue weighted by atomic mass is 16.3. The standard InChI is InChI=1S/C24H23N5O3/c25-23-21-17(10-6-12-30)28-29(24(21)27-14-26-23)13-19-20(15-7-2-1-3-8-15)22(31)16-9-4-5-11-18(16)32-19/h1-5,7-9,11,14,21,24,30H,6,10,12-13H2,(H2,25,26,27). The maximum Gasteiger partial charge on any atom is 0.200 e. The second-order valence-electron chi connectivity index (χ2n) is 7.82. The van der Waals surface area contributed by atoms with Crippen LogP contribution < -0.4 is 11.2 Å². The summed E-state index contributed by atoms with van der Waals surface area (Å²) in [6.45, 7) is 0.313. The van der Waals surface area contributed by atoms with Gasteiger partial charge in [-0.3, -0.25) is 9.80 Å². The summed E-state index contributed by atoms with van der Waals surface area (Å²) < 4.78 is 6.25. The van der Waals surface area contributed by atoms with Crippen LogP contribution in [0.25, 0.3) is 22.1 Å². The van der Waals surface area contributed by atoms with Gasteiger partial charge >= 0.3 is 0 Å². The van der Waals surface area contributed by atoms with E-state index in [1.54, 1.807) is 17.1 Å². The molecule has 5 rings (SSSR count). The first-order valence-corrected chi connectivity index (χ1v) is 10.6. The molecule has 0 aliphatic carbocycles. The number of rotatable bonds is 6. The Morgan fingerprint density at radius 1 is 1.09 bits per heavy atom. The Hall–Kier alpha value is -3.78. The molecule has 3 aromatic rings. The number of hydrogen-bond acceptors (Lipinski definition) is 8. The summed E-state index contributed by atoms with van der Waals surface area (Å²) in [5.41, 5.74) is 8.75. The first-order valence-electron chi connectivity index (χ1n) is 10.6. The van der Waals surface area contributed by atoms with Gasteiger partial charge in [0, 0.05) is 6.61 Å². The quantitative estimate of drug-likeness (QED) is 0.625. The van der Waals surface area contributed by atoms with Crippen LogP contribution in [0.5, 0.6) is 0 Å². The normalized spacial score (nSPS) is 19.7. The largest absolute Gasteiger partial charge is 0.458 e. The fraction of sp³-hybridized carbons (Fsp3) is 0.250. The van der Waals surface area contributed by atoms with Crippen molar-refractivity contribution in [1.82, 2.24) is 5.01 Å². The smallest absolute Gasteiger partial charge is 0.200 e. The van der Waals surface area contributed by atoms with Crippen LogP contribution in [0.1, 0.15) is 18.6 Å². The van der Waals surface area contributed by atoms with Crippen LogP contribution in [0.2, 0.25) is 0 Å². The summed E-state index contributed by atoms with van der Waals surface area (Å²) >= 11 is 0. The van der Waals surface area contributed by atoms with Crippen molar-refractivity contribution in [2.45, 2.75) is 25.6 Å². The maximum absolute atomic E-state index is 13.5. The third-order valence-electron chi connectivity index (χ3n) is 5.79. The van der Waals surface area contributed by atoms with E-state index >= 15 is 0 Å². The Labute approximate surface area is 184 Å². The minimum Gasteiger partial charge on any atom is -0.458 e. The number of aliphatic hydroxyl groups is 1. The van der Waals surface area contributed by atoms with Gasteiger partial charge in [-0.1, -0.05) is 42.5 Å². The lowest BCUT2D eigenvalue weighted by atomic mass is 9.95. The molecule has 0 spiro atoms. The van der Waals surface area contributed by atoms with E-state index in [0.717, 1.165) is 11.3 Å². The van der Waals surface area contributed by atoms with E-state index in [9.17, 15) is 9.90 Å². The van der Waals surface area contributed by atoms with Gasteiger partial charge in [0.05, 0.1) is 29.1 Å². The average Bonchev–Trinajstić information content (AvgIpc) is 3.17. The number of amidine groups is 1. The first kappa shape index (κ1) is 20.1. The van der Waals surface area contributed by atoms with Crippen molar-refractivity contribution < 1.29 is 9.52 Å². The minimum absolute atomic E-state index is 0.0639. The van der Waals surface area contributed by atoms with Crippen LogP contribution in [0.4, 0.5) is 0 Å². The summed E-state index contributed by atoms with van der Waals surface area (Å²) in [4.78, 5) is 22.1. The summed E-state index contributed by atoms with van der Waals surface area (Å²) in [5.74, 6) is 0.716. The number of hydrogen-bond donors (Lipinski definition) is 2. The SMILES string of the molecule is NC1=NC=NC2C1C(CCCO)=NN2Cc1oc2ccccc2c(=O)c1-c1ccccc1. The van der Waals surface area contributed by atoms with E-state index < -0.39 is 0 Å². The highest BCUT2D eigenvalue weighted by Crippen LogP contribution is 2.32. The van der Waals surface area contributed by atoms with E-state index in [1.807, 2.05) is 42.5 Å². The number of hydrazone groups is 1. The Bertz CT molecular complexity index is 1300. The molecule has 0 bridgehead atoms. The van der Waals surface area contributed by atoms with Gasteiger partial charge in [-0.25, -0.2) is 9.98 Å². The minimum atomic E-state index is -0.360. The molecule has 2 aromatic carbocycles. The molecule has 0 fully saturated rings. The predicted molar refractivity (Wildman–Crippen MR) is 125 cm³/mol. The number of nitrogens with zero attached hydrogens (tertiary/aromatic N) is 4. The van der Waals surface area contributed by atoms with Crippen molar-refractivity contribution in [1.29, 1.82) is 0 Å². The molecule has 0 saturated carbocycles. The molecule has 3 N–H and O–H groups in total. The third kappa shape index (κ3) is 3.48. The van der Waals surface area contributed by atoms with Crippen molar-refractivity contribution in [3.63, 3.8) is 0 Å². The molecular weight excluding hydrogens is 406 g/mol. The Morgan fingerprint density at radius 2 is 1.88 bits per heavy atom. The highest BCUT2D eigenvalue weighted by Gasteiger charge is 2.41. The van der Waals surface area contributed by atoms with Gasteiger partial charge in [0.2, 0.25) is 5.43 Å². The number of fused-ring (bicyclic) bond motifs is 2. The van der Waals surface area contributed by atoms with Crippen molar-refractivity contribution >= 4 is 28.9 Å². The summed E-state index contributed by atoms with van der Waals surface area (Å²) in [5, 5.41) is 16.4. The zero-order valence-electron chi connectivity index (χ0n) is 17.4.